The molecule has 3 aliphatic rings. The molecule has 1 unspecified atom stereocenters. The molecule has 7 nitrogen and oxygen atoms in total. The SMILES string of the molecule is O=C(C(c1ccc(F)cc1)N1CCCCC1)N1CCc2oc(C3CCC3)nc2C1.O=CO. The number of fused-ring (bicyclic) bond motifs is 1. The molecule has 1 saturated carbocycles. The van der Waals surface area contributed by atoms with Crippen molar-refractivity contribution >= 4 is 12.4 Å². The Balaban J connectivity index is 0.000000775. The van der Waals surface area contributed by atoms with Gasteiger partial charge in [-0.1, -0.05) is 25.0 Å². The van der Waals surface area contributed by atoms with Crippen molar-refractivity contribution in [1.82, 2.24) is 14.8 Å². The third-order valence-corrected chi connectivity index (χ3v) is 6.69. The number of hydrogen-bond acceptors (Lipinski definition) is 5. The molecule has 1 amide bonds. The van der Waals surface area contributed by atoms with Gasteiger partial charge in [0, 0.05) is 18.9 Å². The van der Waals surface area contributed by atoms with Gasteiger partial charge in [-0.15, -0.1) is 0 Å². The van der Waals surface area contributed by atoms with Crippen LogP contribution in [0.3, 0.4) is 0 Å². The van der Waals surface area contributed by atoms with E-state index < -0.39 is 0 Å². The van der Waals surface area contributed by atoms with Crippen LogP contribution in [0, 0.1) is 5.82 Å². The molecular formula is C24H30FN3O4. The second kappa shape index (κ2) is 10.3. The number of aromatic nitrogens is 1. The molecule has 1 aromatic heterocycles. The monoisotopic (exact) mass is 443 g/mol. The van der Waals surface area contributed by atoms with E-state index in [1.54, 1.807) is 12.1 Å². The van der Waals surface area contributed by atoms with Crippen molar-refractivity contribution in [3.63, 3.8) is 0 Å². The molecule has 2 aromatic rings. The van der Waals surface area contributed by atoms with E-state index >= 15 is 0 Å². The van der Waals surface area contributed by atoms with Crippen LogP contribution in [0.4, 0.5) is 4.39 Å². The number of piperidine rings is 1. The highest BCUT2D eigenvalue weighted by atomic mass is 19.1. The Bertz CT molecular complexity index is 920. The number of likely N-dealkylation sites (tertiary alicyclic amines) is 1. The van der Waals surface area contributed by atoms with Gasteiger partial charge in [0.05, 0.1) is 6.54 Å². The van der Waals surface area contributed by atoms with Crippen molar-refractivity contribution in [2.75, 3.05) is 19.6 Å². The molecule has 1 aromatic carbocycles. The van der Waals surface area contributed by atoms with Gasteiger partial charge in [-0.2, -0.15) is 0 Å². The first kappa shape index (κ1) is 22.5. The maximum Gasteiger partial charge on any atom is 0.290 e. The molecule has 1 aliphatic carbocycles. The summed E-state index contributed by atoms with van der Waals surface area (Å²) in [6, 6.07) is 6.07. The van der Waals surface area contributed by atoms with Crippen LogP contribution in [-0.4, -0.2) is 51.9 Å². The van der Waals surface area contributed by atoms with E-state index in [9.17, 15) is 9.18 Å². The minimum Gasteiger partial charge on any atom is -0.483 e. The highest BCUT2D eigenvalue weighted by molar-refractivity contribution is 5.83. The lowest BCUT2D eigenvalue weighted by atomic mass is 9.85. The Labute approximate surface area is 187 Å². The third-order valence-electron chi connectivity index (χ3n) is 6.69. The Morgan fingerprint density at radius 3 is 2.44 bits per heavy atom. The van der Waals surface area contributed by atoms with Crippen molar-refractivity contribution < 1.29 is 23.5 Å². The van der Waals surface area contributed by atoms with Gasteiger partial charge in [-0.3, -0.25) is 14.5 Å². The van der Waals surface area contributed by atoms with Gasteiger partial charge in [0.1, 0.15) is 23.3 Å². The smallest absolute Gasteiger partial charge is 0.290 e. The van der Waals surface area contributed by atoms with Crippen LogP contribution in [0.1, 0.15) is 73.4 Å². The summed E-state index contributed by atoms with van der Waals surface area (Å²) in [6.07, 6.45) is 7.69. The predicted octanol–water partition coefficient (Wildman–Crippen LogP) is 3.89. The standard InChI is InChI=1S/C23H28FN3O2.CH2O2/c24-18-9-7-16(8-10-18)21(26-12-2-1-3-13-26)23(28)27-14-11-20-19(15-27)25-22(29-20)17-5-4-6-17;2-1-3/h7-10,17,21H,1-6,11-15H2;1H,(H,2,3). The summed E-state index contributed by atoms with van der Waals surface area (Å²) in [5, 5.41) is 6.89. The molecule has 32 heavy (non-hydrogen) atoms. The van der Waals surface area contributed by atoms with Crippen molar-refractivity contribution in [2.45, 2.75) is 63.5 Å². The van der Waals surface area contributed by atoms with Crippen LogP contribution in [0.15, 0.2) is 28.7 Å². The van der Waals surface area contributed by atoms with Crippen LogP contribution in [0.25, 0.3) is 0 Å². The molecule has 1 atom stereocenters. The number of amides is 1. The first-order valence-electron chi connectivity index (χ1n) is 11.5. The first-order chi connectivity index (χ1) is 15.6. The van der Waals surface area contributed by atoms with Crippen molar-refractivity contribution in [3.8, 4) is 0 Å². The molecule has 0 spiro atoms. The summed E-state index contributed by atoms with van der Waals surface area (Å²) in [5.41, 5.74) is 1.79. The fourth-order valence-electron chi connectivity index (χ4n) is 4.74. The maximum absolute atomic E-state index is 13.6. The number of oxazole rings is 1. The molecule has 5 rings (SSSR count). The van der Waals surface area contributed by atoms with Crippen molar-refractivity contribution in [3.05, 3.63) is 53.0 Å². The molecule has 1 saturated heterocycles. The van der Waals surface area contributed by atoms with Crippen LogP contribution in [0.5, 0.6) is 0 Å². The van der Waals surface area contributed by atoms with E-state index in [2.05, 4.69) is 4.90 Å². The average Bonchev–Trinajstić information content (AvgIpc) is 3.17. The lowest BCUT2D eigenvalue weighted by Gasteiger charge is -2.37. The average molecular weight is 444 g/mol. The van der Waals surface area contributed by atoms with Crippen LogP contribution >= 0.6 is 0 Å². The van der Waals surface area contributed by atoms with E-state index in [0.29, 0.717) is 19.0 Å². The van der Waals surface area contributed by atoms with Gasteiger partial charge in [-0.25, -0.2) is 9.37 Å². The molecule has 8 heteroatoms. The third kappa shape index (κ3) is 4.85. The van der Waals surface area contributed by atoms with Gasteiger partial charge < -0.3 is 14.4 Å². The molecule has 2 aliphatic heterocycles. The summed E-state index contributed by atoms with van der Waals surface area (Å²) in [5.74, 6) is 2.10. The summed E-state index contributed by atoms with van der Waals surface area (Å²) in [7, 11) is 0. The summed E-state index contributed by atoms with van der Waals surface area (Å²) in [6.45, 7) is 2.72. The highest BCUT2D eigenvalue weighted by Gasteiger charge is 2.35. The van der Waals surface area contributed by atoms with Gasteiger partial charge in [-0.05, 0) is 56.5 Å². The molecule has 1 N–H and O–H groups in total. The molecule has 0 radical (unpaired) electrons. The number of carbonyl (C=O) groups excluding carboxylic acids is 1. The minimum absolute atomic E-state index is 0.0948. The zero-order chi connectivity index (χ0) is 22.5. The Morgan fingerprint density at radius 1 is 1.12 bits per heavy atom. The quantitative estimate of drug-likeness (QED) is 0.722. The van der Waals surface area contributed by atoms with Crippen LogP contribution in [-0.2, 0) is 22.6 Å². The topological polar surface area (TPSA) is 86.9 Å². The normalized spacial score (nSPS) is 19.8. The largest absolute Gasteiger partial charge is 0.483 e. The van der Waals surface area contributed by atoms with E-state index in [4.69, 9.17) is 19.3 Å². The number of halogens is 1. The van der Waals surface area contributed by atoms with Gasteiger partial charge >= 0.3 is 0 Å². The lowest BCUT2D eigenvalue weighted by Crippen LogP contribution is -2.46. The number of benzene rings is 1. The summed E-state index contributed by atoms with van der Waals surface area (Å²) >= 11 is 0. The van der Waals surface area contributed by atoms with Crippen LogP contribution in [0.2, 0.25) is 0 Å². The number of carbonyl (C=O) groups is 2. The van der Waals surface area contributed by atoms with E-state index in [0.717, 1.165) is 68.1 Å². The van der Waals surface area contributed by atoms with Gasteiger partial charge in [0.25, 0.3) is 6.47 Å². The number of nitrogens with zero attached hydrogens (tertiary/aromatic N) is 3. The highest BCUT2D eigenvalue weighted by Crippen LogP contribution is 2.37. The lowest BCUT2D eigenvalue weighted by molar-refractivity contribution is -0.139. The fourth-order valence-corrected chi connectivity index (χ4v) is 4.74. The Morgan fingerprint density at radius 2 is 1.81 bits per heavy atom. The van der Waals surface area contributed by atoms with Crippen molar-refractivity contribution in [2.24, 2.45) is 0 Å². The Hall–Kier alpha value is -2.74. The summed E-state index contributed by atoms with van der Waals surface area (Å²) < 4.78 is 19.5. The fraction of sp³-hybridized carbons (Fsp3) is 0.542. The maximum atomic E-state index is 13.6. The van der Waals surface area contributed by atoms with Gasteiger partial charge in [0.2, 0.25) is 5.91 Å². The minimum atomic E-state index is -0.351. The Kier molecular flexibility index (Phi) is 7.19. The first-order valence-corrected chi connectivity index (χ1v) is 11.5. The predicted molar refractivity (Wildman–Crippen MR) is 115 cm³/mol. The van der Waals surface area contributed by atoms with Crippen molar-refractivity contribution in [1.29, 1.82) is 0 Å². The number of carboxylic acid groups (broad SMARTS) is 1. The zero-order valence-corrected chi connectivity index (χ0v) is 18.2. The number of rotatable bonds is 4. The van der Waals surface area contributed by atoms with Gasteiger partial charge in [0.15, 0.2) is 5.89 Å². The van der Waals surface area contributed by atoms with E-state index in [1.165, 1.54) is 25.0 Å². The molecule has 0 bridgehead atoms. The zero-order valence-electron chi connectivity index (χ0n) is 18.2. The van der Waals surface area contributed by atoms with Crippen LogP contribution < -0.4 is 0 Å². The summed E-state index contributed by atoms with van der Waals surface area (Å²) in [4.78, 5) is 30.9. The molecule has 2 fully saturated rings. The molecular weight excluding hydrogens is 413 g/mol. The molecule has 172 valence electrons. The van der Waals surface area contributed by atoms with E-state index in [-0.39, 0.29) is 24.2 Å². The second-order valence-corrected chi connectivity index (χ2v) is 8.72. The second-order valence-electron chi connectivity index (χ2n) is 8.72. The molecule has 3 heterocycles. The van der Waals surface area contributed by atoms with E-state index in [1.807, 2.05) is 4.90 Å². The number of hydrogen-bond donors (Lipinski definition) is 1.